The molecule has 0 saturated carbocycles. The molecule has 1 aromatic carbocycles. The number of hydrogen-bond donors (Lipinski definition) is 2. The predicted molar refractivity (Wildman–Crippen MR) is 94.3 cm³/mol. The second kappa shape index (κ2) is 6.02. The fourth-order valence-corrected chi connectivity index (χ4v) is 3.71. The molecule has 0 radical (unpaired) electrons. The number of fused-ring (bicyclic) bond motifs is 1. The summed E-state index contributed by atoms with van der Waals surface area (Å²) in [7, 11) is 0. The Bertz CT molecular complexity index is 1060. The Morgan fingerprint density at radius 1 is 1.35 bits per heavy atom. The number of hydrogen-bond acceptors (Lipinski definition) is 7. The van der Waals surface area contributed by atoms with Crippen molar-refractivity contribution in [3.8, 4) is 22.5 Å². The van der Waals surface area contributed by atoms with Gasteiger partial charge in [-0.1, -0.05) is 18.2 Å². The van der Waals surface area contributed by atoms with Gasteiger partial charge in [0.05, 0.1) is 27.0 Å². The minimum atomic E-state index is -0.527. The average molecular weight is 365 g/mol. The first-order valence-corrected chi connectivity index (χ1v) is 8.42. The number of aromatic amines is 1. The van der Waals surface area contributed by atoms with E-state index in [4.69, 9.17) is 10.5 Å². The van der Waals surface area contributed by atoms with Crippen LogP contribution in [0.5, 0.6) is 5.88 Å². The highest BCUT2D eigenvalue weighted by Crippen LogP contribution is 2.46. The van der Waals surface area contributed by atoms with Gasteiger partial charge in [0.15, 0.2) is 0 Å². The molecule has 2 aromatic heterocycles. The van der Waals surface area contributed by atoms with E-state index in [9.17, 15) is 15.4 Å². The maximum absolute atomic E-state index is 10.9. The van der Waals surface area contributed by atoms with Crippen LogP contribution in [0.4, 0.5) is 5.69 Å². The number of allylic oxidation sites excluding steroid dienone is 1. The van der Waals surface area contributed by atoms with Gasteiger partial charge in [-0.15, -0.1) is 16.4 Å². The number of nitriles is 1. The quantitative estimate of drug-likeness (QED) is 0.541. The second-order valence-electron chi connectivity index (χ2n) is 5.57. The summed E-state index contributed by atoms with van der Waals surface area (Å²) in [5.74, 6) is -0.249. The lowest BCUT2D eigenvalue weighted by atomic mass is 9.84. The molecule has 4 rings (SSSR count). The van der Waals surface area contributed by atoms with Gasteiger partial charge in [0.2, 0.25) is 11.8 Å². The third-order valence-electron chi connectivity index (χ3n) is 4.14. The molecule has 1 aliphatic heterocycles. The Morgan fingerprint density at radius 3 is 2.73 bits per heavy atom. The molecular formula is C17H11N5O3S. The van der Waals surface area contributed by atoms with Crippen molar-refractivity contribution in [1.82, 2.24) is 10.2 Å². The third-order valence-corrected chi connectivity index (χ3v) is 5.03. The van der Waals surface area contributed by atoms with Crippen LogP contribution in [0, 0.1) is 21.4 Å². The number of H-pyrrole nitrogens is 1. The number of nitrogens with one attached hydrogen (secondary N) is 1. The van der Waals surface area contributed by atoms with Gasteiger partial charge in [0, 0.05) is 12.1 Å². The summed E-state index contributed by atoms with van der Waals surface area (Å²) in [5, 5.41) is 29.6. The molecule has 128 valence electrons. The third kappa shape index (κ3) is 2.40. The summed E-state index contributed by atoms with van der Waals surface area (Å²) in [6.45, 7) is 0. The van der Waals surface area contributed by atoms with E-state index in [1.54, 1.807) is 12.1 Å². The smallest absolute Gasteiger partial charge is 0.269 e. The molecule has 3 heterocycles. The number of aromatic nitrogens is 2. The zero-order valence-corrected chi connectivity index (χ0v) is 14.0. The Kier molecular flexibility index (Phi) is 3.67. The number of nitrogens with zero attached hydrogens (tertiary/aromatic N) is 3. The lowest BCUT2D eigenvalue weighted by Crippen LogP contribution is -2.20. The molecule has 0 spiro atoms. The summed E-state index contributed by atoms with van der Waals surface area (Å²) < 4.78 is 5.52. The number of benzene rings is 1. The van der Waals surface area contributed by atoms with Crippen molar-refractivity contribution in [1.29, 1.82) is 5.26 Å². The van der Waals surface area contributed by atoms with Crippen LogP contribution in [-0.4, -0.2) is 15.1 Å². The van der Waals surface area contributed by atoms with Gasteiger partial charge in [-0.3, -0.25) is 15.2 Å². The molecule has 3 N–H and O–H groups in total. The van der Waals surface area contributed by atoms with Crippen LogP contribution >= 0.6 is 11.3 Å². The van der Waals surface area contributed by atoms with Gasteiger partial charge in [-0.2, -0.15) is 5.26 Å². The number of nitro benzene ring substituents is 1. The fraction of sp³-hybridized carbons (Fsp3) is 0.0588. The van der Waals surface area contributed by atoms with Crippen LogP contribution in [-0.2, 0) is 0 Å². The van der Waals surface area contributed by atoms with Crippen LogP contribution in [0.1, 0.15) is 17.0 Å². The Hall–Kier alpha value is -3.64. The average Bonchev–Trinajstić information content (AvgIpc) is 3.29. The van der Waals surface area contributed by atoms with E-state index in [1.807, 2.05) is 17.5 Å². The zero-order chi connectivity index (χ0) is 18.3. The Balaban J connectivity index is 1.91. The van der Waals surface area contributed by atoms with E-state index >= 15 is 0 Å². The van der Waals surface area contributed by atoms with Crippen LogP contribution in [0.25, 0.3) is 10.6 Å². The van der Waals surface area contributed by atoms with Crippen molar-refractivity contribution in [3.05, 3.63) is 74.5 Å². The van der Waals surface area contributed by atoms with E-state index in [2.05, 4.69) is 16.3 Å². The van der Waals surface area contributed by atoms with E-state index in [0.717, 1.165) is 10.6 Å². The molecule has 0 aliphatic carbocycles. The second-order valence-corrected chi connectivity index (χ2v) is 6.52. The van der Waals surface area contributed by atoms with Crippen molar-refractivity contribution in [3.63, 3.8) is 0 Å². The van der Waals surface area contributed by atoms with E-state index in [0.29, 0.717) is 17.0 Å². The summed E-state index contributed by atoms with van der Waals surface area (Å²) in [5.41, 5.74) is 8.24. The Labute approximate surface area is 151 Å². The molecule has 8 nitrogen and oxygen atoms in total. The molecule has 26 heavy (non-hydrogen) atoms. The number of nitro groups is 1. The van der Waals surface area contributed by atoms with Gasteiger partial charge in [-0.25, -0.2) is 0 Å². The van der Waals surface area contributed by atoms with Crippen LogP contribution in [0.3, 0.4) is 0 Å². The standard InChI is InChI=1S/C17H11N5O3S/c18-8-11-13(9-3-5-10(6-4-9)22(23)24)14-15(12-2-1-7-26-12)20-21-17(14)25-16(11)19/h1-7,13H,19H2,(H,20,21). The lowest BCUT2D eigenvalue weighted by Gasteiger charge is -2.23. The number of non-ortho nitro benzene ring substituents is 1. The molecule has 0 fully saturated rings. The highest BCUT2D eigenvalue weighted by atomic mass is 32.1. The molecule has 0 amide bonds. The molecule has 1 atom stereocenters. The summed E-state index contributed by atoms with van der Waals surface area (Å²) >= 11 is 1.52. The minimum absolute atomic E-state index is 0.0208. The van der Waals surface area contributed by atoms with Gasteiger partial charge >= 0.3 is 0 Å². The topological polar surface area (TPSA) is 131 Å². The minimum Gasteiger partial charge on any atom is -0.420 e. The van der Waals surface area contributed by atoms with Crippen LogP contribution in [0.2, 0.25) is 0 Å². The first-order chi connectivity index (χ1) is 12.6. The van der Waals surface area contributed by atoms with Gasteiger partial charge in [0.1, 0.15) is 11.6 Å². The molecule has 1 aliphatic rings. The van der Waals surface area contributed by atoms with Crippen molar-refractivity contribution in [2.75, 3.05) is 0 Å². The van der Waals surface area contributed by atoms with Gasteiger partial charge < -0.3 is 10.5 Å². The van der Waals surface area contributed by atoms with Crippen LogP contribution in [0.15, 0.2) is 53.2 Å². The van der Waals surface area contributed by atoms with Gasteiger partial charge in [-0.05, 0) is 17.0 Å². The first-order valence-electron chi connectivity index (χ1n) is 7.54. The highest BCUT2D eigenvalue weighted by Gasteiger charge is 2.35. The maximum atomic E-state index is 10.9. The van der Waals surface area contributed by atoms with Crippen molar-refractivity contribution in [2.45, 2.75) is 5.92 Å². The molecule has 3 aromatic rings. The Morgan fingerprint density at radius 2 is 2.12 bits per heavy atom. The summed E-state index contributed by atoms with van der Waals surface area (Å²) in [6.07, 6.45) is 0. The highest BCUT2D eigenvalue weighted by molar-refractivity contribution is 7.13. The van der Waals surface area contributed by atoms with E-state index in [1.165, 1.54) is 23.5 Å². The molecule has 0 bridgehead atoms. The van der Waals surface area contributed by atoms with Crippen molar-refractivity contribution in [2.24, 2.45) is 5.73 Å². The monoisotopic (exact) mass is 365 g/mol. The largest absolute Gasteiger partial charge is 0.420 e. The number of nitrogens with two attached hydrogens (primary N) is 1. The predicted octanol–water partition coefficient (Wildman–Crippen LogP) is 3.26. The van der Waals surface area contributed by atoms with E-state index < -0.39 is 10.8 Å². The molecule has 9 heteroatoms. The number of thiophene rings is 1. The SMILES string of the molecule is N#CC1=C(N)Oc2n[nH]c(-c3cccs3)c2C1c1ccc([N+](=O)[O-])cc1. The first kappa shape index (κ1) is 15.9. The van der Waals surface area contributed by atoms with Crippen LogP contribution < -0.4 is 10.5 Å². The fourth-order valence-electron chi connectivity index (χ4n) is 2.98. The van der Waals surface area contributed by atoms with Gasteiger partial charge in [0.25, 0.3) is 5.69 Å². The lowest BCUT2D eigenvalue weighted by molar-refractivity contribution is -0.384. The zero-order valence-electron chi connectivity index (χ0n) is 13.2. The normalized spacial score (nSPS) is 15.9. The van der Waals surface area contributed by atoms with Crippen molar-refractivity contribution >= 4 is 17.0 Å². The summed E-state index contributed by atoms with van der Waals surface area (Å²) in [4.78, 5) is 11.4. The summed E-state index contributed by atoms with van der Waals surface area (Å²) in [6, 6.07) is 12.0. The van der Waals surface area contributed by atoms with E-state index in [-0.39, 0.29) is 17.1 Å². The molecular weight excluding hydrogens is 354 g/mol. The number of rotatable bonds is 3. The molecule has 0 saturated heterocycles. The molecule has 1 unspecified atom stereocenters. The maximum Gasteiger partial charge on any atom is 0.269 e. The number of ether oxygens (including phenoxy) is 1. The van der Waals surface area contributed by atoms with Crippen molar-refractivity contribution < 1.29 is 9.66 Å².